The molecule has 0 radical (unpaired) electrons. The lowest BCUT2D eigenvalue weighted by molar-refractivity contribution is 0.243. The molecule has 0 bridgehead atoms. The van der Waals surface area contributed by atoms with Crippen molar-refractivity contribution in [1.82, 2.24) is 3.94 Å². The molecule has 0 spiro atoms. The Morgan fingerprint density at radius 3 is 2.20 bits per heavy atom. The average Bonchev–Trinajstić information content (AvgIpc) is 1.84. The first kappa shape index (κ1) is 10.5. The lowest BCUT2D eigenvalue weighted by Crippen LogP contribution is -2.30. The van der Waals surface area contributed by atoms with Crippen molar-refractivity contribution >= 4 is 23.6 Å². The molecule has 0 atom stereocenters. The maximum absolute atomic E-state index is 8.51. The quantitative estimate of drug-likeness (QED) is 0.680. The van der Waals surface area contributed by atoms with Crippen LogP contribution in [0.15, 0.2) is 0 Å². The van der Waals surface area contributed by atoms with E-state index in [2.05, 4.69) is 0 Å². The van der Waals surface area contributed by atoms with E-state index < -0.39 is 0 Å². The third-order valence-corrected chi connectivity index (χ3v) is 2.32. The Hall–Kier alpha value is 0.500. The summed E-state index contributed by atoms with van der Waals surface area (Å²) in [5, 5.41) is 8.51. The van der Waals surface area contributed by atoms with Crippen molar-refractivity contribution in [3.05, 3.63) is 0 Å². The summed E-state index contributed by atoms with van der Waals surface area (Å²) in [5.41, 5.74) is -0.244. The minimum atomic E-state index is -0.244. The summed E-state index contributed by atoms with van der Waals surface area (Å²) in [7, 11) is 0. The smallest absolute Gasteiger partial charge is 0.0471 e. The number of aliphatic hydroxyl groups excluding tert-OH is 1. The van der Waals surface area contributed by atoms with Crippen LogP contribution in [0.3, 0.4) is 0 Å². The Morgan fingerprint density at radius 1 is 1.40 bits per heavy atom. The molecule has 0 saturated carbocycles. The van der Waals surface area contributed by atoms with Crippen LogP contribution >= 0.6 is 23.6 Å². The zero-order chi connectivity index (χ0) is 8.20. The second-order valence-corrected chi connectivity index (χ2v) is 3.72. The van der Waals surface area contributed by atoms with Gasteiger partial charge >= 0.3 is 0 Å². The molecule has 0 aromatic heterocycles. The van der Waals surface area contributed by atoms with E-state index in [-0.39, 0.29) is 12.1 Å². The summed E-state index contributed by atoms with van der Waals surface area (Å²) in [5.74, 6) is 0. The molecule has 4 heteroatoms. The number of halogens is 2. The van der Waals surface area contributed by atoms with Gasteiger partial charge in [-0.1, -0.05) is 0 Å². The van der Waals surface area contributed by atoms with E-state index in [9.17, 15) is 0 Å². The van der Waals surface area contributed by atoms with Gasteiger partial charge in [-0.3, -0.25) is 0 Å². The van der Waals surface area contributed by atoms with Gasteiger partial charge in [0.25, 0.3) is 0 Å². The zero-order valence-electron chi connectivity index (χ0n) is 6.27. The first-order valence-corrected chi connectivity index (χ1v) is 3.91. The summed E-state index contributed by atoms with van der Waals surface area (Å²) in [4.78, 5) is 0. The van der Waals surface area contributed by atoms with E-state index >= 15 is 0 Å². The Kier molecular flexibility index (Phi) is 4.61. The molecule has 0 heterocycles. The molecule has 1 N–H and O–H groups in total. The van der Waals surface area contributed by atoms with Gasteiger partial charge in [-0.25, -0.2) is 0 Å². The number of hydrogen-bond acceptors (Lipinski definition) is 2. The third-order valence-electron chi connectivity index (χ3n) is 1.40. The lowest BCUT2D eigenvalue weighted by atomic mass is 10.0. The Labute approximate surface area is 71.9 Å². The molecule has 62 valence electrons. The van der Waals surface area contributed by atoms with E-state index in [1.807, 2.05) is 13.8 Å². The Balaban J connectivity index is 3.63. The van der Waals surface area contributed by atoms with E-state index in [1.165, 1.54) is 0 Å². The van der Waals surface area contributed by atoms with Gasteiger partial charge in [0.05, 0.1) is 0 Å². The predicted molar refractivity (Wildman–Crippen MR) is 43.9 cm³/mol. The van der Waals surface area contributed by atoms with Gasteiger partial charge in [0.15, 0.2) is 0 Å². The van der Waals surface area contributed by atoms with Crippen molar-refractivity contribution in [1.29, 1.82) is 0 Å². The van der Waals surface area contributed by atoms with Gasteiger partial charge in [-0.2, -0.15) is 0 Å². The molecule has 10 heavy (non-hydrogen) atoms. The largest absolute Gasteiger partial charge is 0.396 e. The Morgan fingerprint density at radius 2 is 1.90 bits per heavy atom. The second kappa shape index (κ2) is 4.39. The molecule has 0 amide bonds. The van der Waals surface area contributed by atoms with Gasteiger partial charge in [-0.05, 0) is 50.2 Å². The topological polar surface area (TPSA) is 23.5 Å². The van der Waals surface area contributed by atoms with E-state index in [0.717, 1.165) is 16.8 Å². The normalized spacial score (nSPS) is 12.6. The number of rotatable bonds is 4. The highest BCUT2D eigenvalue weighted by molar-refractivity contribution is 6.34. The molecule has 0 aliphatic carbocycles. The first-order chi connectivity index (χ1) is 4.50. The number of aliphatic hydroxyl groups is 1. The summed E-state index contributed by atoms with van der Waals surface area (Å²) in [6.07, 6.45) is 1.51. The minimum Gasteiger partial charge on any atom is -0.396 e. The highest BCUT2D eigenvalue weighted by atomic mass is 35.5. The molecule has 0 fully saturated rings. The SMILES string of the molecule is CC(C)(CCCO)N(Cl)Cl. The molecule has 0 saturated heterocycles. The standard InChI is InChI=1S/C6H13Cl2NO/c1-6(2,9(7)8)4-3-5-10/h10H,3-5H2,1-2H3. The zero-order valence-corrected chi connectivity index (χ0v) is 7.78. The van der Waals surface area contributed by atoms with Crippen LogP contribution in [0.4, 0.5) is 0 Å². The number of nitrogens with zero attached hydrogens (tertiary/aromatic N) is 1. The summed E-state index contributed by atoms with van der Waals surface area (Å²) < 4.78 is 1.13. The maximum atomic E-state index is 8.51. The van der Waals surface area contributed by atoms with E-state index in [0.29, 0.717) is 0 Å². The van der Waals surface area contributed by atoms with Crippen LogP contribution in [0.25, 0.3) is 0 Å². The fourth-order valence-electron chi connectivity index (χ4n) is 0.596. The molecular formula is C6H13Cl2NO. The van der Waals surface area contributed by atoms with Gasteiger partial charge in [0.2, 0.25) is 0 Å². The van der Waals surface area contributed by atoms with Crippen molar-refractivity contribution in [3.63, 3.8) is 0 Å². The second-order valence-electron chi connectivity index (χ2n) is 2.87. The molecule has 0 rings (SSSR count). The van der Waals surface area contributed by atoms with Crippen molar-refractivity contribution in [2.24, 2.45) is 0 Å². The fraction of sp³-hybridized carbons (Fsp3) is 1.00. The molecule has 2 nitrogen and oxygen atoms in total. The van der Waals surface area contributed by atoms with E-state index in [4.69, 9.17) is 28.7 Å². The summed E-state index contributed by atoms with van der Waals surface area (Å²) in [6.45, 7) is 4.02. The van der Waals surface area contributed by atoms with Gasteiger partial charge in [-0.15, -0.1) is 3.94 Å². The van der Waals surface area contributed by atoms with E-state index in [1.54, 1.807) is 0 Å². The van der Waals surface area contributed by atoms with Crippen molar-refractivity contribution in [3.8, 4) is 0 Å². The van der Waals surface area contributed by atoms with Crippen LogP contribution in [-0.2, 0) is 0 Å². The van der Waals surface area contributed by atoms with Crippen LogP contribution < -0.4 is 0 Å². The van der Waals surface area contributed by atoms with Crippen molar-refractivity contribution in [2.45, 2.75) is 32.2 Å². The van der Waals surface area contributed by atoms with Gasteiger partial charge < -0.3 is 5.11 Å². The monoisotopic (exact) mass is 185 g/mol. The van der Waals surface area contributed by atoms with Crippen LogP contribution in [0, 0.1) is 0 Å². The fourth-order valence-corrected chi connectivity index (χ4v) is 0.765. The third kappa shape index (κ3) is 3.62. The molecular weight excluding hydrogens is 173 g/mol. The molecule has 0 aromatic carbocycles. The van der Waals surface area contributed by atoms with Crippen LogP contribution in [-0.4, -0.2) is 21.2 Å². The highest BCUT2D eigenvalue weighted by Gasteiger charge is 2.23. The van der Waals surface area contributed by atoms with Crippen LogP contribution in [0.1, 0.15) is 26.7 Å². The summed E-state index contributed by atoms with van der Waals surface area (Å²) in [6, 6.07) is 0. The Bertz CT molecular complexity index is 95.7. The minimum absolute atomic E-state index is 0.186. The average molecular weight is 186 g/mol. The molecule has 0 aliphatic rings. The van der Waals surface area contributed by atoms with Gasteiger partial charge in [0.1, 0.15) is 0 Å². The molecule has 0 aromatic rings. The first-order valence-electron chi connectivity index (χ1n) is 3.23. The highest BCUT2D eigenvalue weighted by Crippen LogP contribution is 2.24. The molecule has 0 aliphatic heterocycles. The maximum Gasteiger partial charge on any atom is 0.0471 e. The van der Waals surface area contributed by atoms with Gasteiger partial charge in [0, 0.05) is 12.1 Å². The summed E-state index contributed by atoms with van der Waals surface area (Å²) >= 11 is 11.0. The van der Waals surface area contributed by atoms with Crippen LogP contribution in [0.2, 0.25) is 0 Å². The van der Waals surface area contributed by atoms with Crippen molar-refractivity contribution < 1.29 is 5.11 Å². The molecule has 0 unspecified atom stereocenters. The predicted octanol–water partition coefficient (Wildman–Crippen LogP) is 2.15. The van der Waals surface area contributed by atoms with Crippen LogP contribution in [0.5, 0.6) is 0 Å². The van der Waals surface area contributed by atoms with Crippen molar-refractivity contribution in [2.75, 3.05) is 6.61 Å². The lowest BCUT2D eigenvalue weighted by Gasteiger charge is -2.26. The number of hydrogen-bond donors (Lipinski definition) is 1.